The summed E-state index contributed by atoms with van der Waals surface area (Å²) in [6.45, 7) is 9.64. The van der Waals surface area contributed by atoms with Crippen molar-refractivity contribution in [3.8, 4) is 5.75 Å². The molecule has 0 aliphatic rings. The monoisotopic (exact) mass is 265 g/mol. The molecule has 0 saturated heterocycles. The highest BCUT2D eigenvalue weighted by Gasteiger charge is 2.32. The molecule has 2 atom stereocenters. The maximum atomic E-state index is 5.75. The summed E-state index contributed by atoms with van der Waals surface area (Å²) in [5.41, 5.74) is 1.30. The fourth-order valence-electron chi connectivity index (χ4n) is 2.42. The largest absolute Gasteiger partial charge is 0.497 e. The first-order chi connectivity index (χ1) is 8.93. The lowest BCUT2D eigenvalue weighted by Gasteiger charge is -2.36. The zero-order chi connectivity index (χ0) is 14.5. The van der Waals surface area contributed by atoms with E-state index in [4.69, 9.17) is 9.47 Å². The third-order valence-electron chi connectivity index (χ3n) is 3.31. The van der Waals surface area contributed by atoms with Crippen LogP contribution in [0, 0.1) is 5.41 Å². The molecule has 1 aromatic rings. The summed E-state index contributed by atoms with van der Waals surface area (Å²) in [6, 6.07) is 8.37. The Kier molecular flexibility index (Phi) is 5.83. The zero-order valence-electron chi connectivity index (χ0n) is 13.0. The van der Waals surface area contributed by atoms with Crippen LogP contribution < -0.4 is 10.1 Å². The van der Waals surface area contributed by atoms with E-state index in [2.05, 4.69) is 45.1 Å². The molecule has 0 saturated carbocycles. The Labute approximate surface area is 117 Å². The van der Waals surface area contributed by atoms with E-state index < -0.39 is 0 Å². The second-order valence-electron chi connectivity index (χ2n) is 5.83. The van der Waals surface area contributed by atoms with Crippen LogP contribution in [0.4, 0.5) is 0 Å². The van der Waals surface area contributed by atoms with Gasteiger partial charge >= 0.3 is 0 Å². The molecule has 108 valence electrons. The van der Waals surface area contributed by atoms with E-state index in [1.165, 1.54) is 5.56 Å². The standard InChI is InChI=1S/C16H27NO2/c1-7-17-14(15(19-6)16(2,3)4)12-8-10-13(18-5)11-9-12/h8-11,14-15,17H,7H2,1-6H3. The van der Waals surface area contributed by atoms with Gasteiger partial charge in [0.15, 0.2) is 0 Å². The van der Waals surface area contributed by atoms with Gasteiger partial charge < -0.3 is 14.8 Å². The van der Waals surface area contributed by atoms with Gasteiger partial charge in [-0.25, -0.2) is 0 Å². The Bertz CT molecular complexity index is 367. The Morgan fingerprint density at radius 1 is 1.11 bits per heavy atom. The van der Waals surface area contributed by atoms with E-state index in [1.54, 1.807) is 14.2 Å². The fraction of sp³-hybridized carbons (Fsp3) is 0.625. The van der Waals surface area contributed by atoms with E-state index in [-0.39, 0.29) is 17.6 Å². The van der Waals surface area contributed by atoms with E-state index >= 15 is 0 Å². The summed E-state index contributed by atoms with van der Waals surface area (Å²) in [7, 11) is 3.47. The summed E-state index contributed by atoms with van der Waals surface area (Å²) in [4.78, 5) is 0. The maximum Gasteiger partial charge on any atom is 0.118 e. The number of methoxy groups -OCH3 is 2. The molecule has 1 N–H and O–H groups in total. The van der Waals surface area contributed by atoms with E-state index in [0.29, 0.717) is 0 Å². The molecule has 1 rings (SSSR count). The Morgan fingerprint density at radius 2 is 1.68 bits per heavy atom. The third kappa shape index (κ3) is 4.22. The molecule has 19 heavy (non-hydrogen) atoms. The molecule has 0 aliphatic heterocycles. The highest BCUT2D eigenvalue weighted by atomic mass is 16.5. The first kappa shape index (κ1) is 16.0. The minimum absolute atomic E-state index is 0.0709. The van der Waals surface area contributed by atoms with Crippen LogP contribution in [0.25, 0.3) is 0 Å². The molecule has 3 heteroatoms. The molecule has 0 radical (unpaired) electrons. The van der Waals surface area contributed by atoms with E-state index in [0.717, 1.165) is 12.3 Å². The van der Waals surface area contributed by atoms with Gasteiger partial charge in [0, 0.05) is 7.11 Å². The normalized spacial score (nSPS) is 15.1. The molecular formula is C16H27NO2. The number of hydrogen-bond donors (Lipinski definition) is 1. The van der Waals surface area contributed by atoms with Crippen molar-refractivity contribution in [3.63, 3.8) is 0 Å². The number of benzene rings is 1. The average Bonchev–Trinajstić information content (AvgIpc) is 2.37. The molecule has 0 aromatic heterocycles. The second-order valence-corrected chi connectivity index (χ2v) is 5.83. The predicted octanol–water partition coefficient (Wildman–Crippen LogP) is 3.41. The van der Waals surface area contributed by atoms with Crippen LogP contribution in [-0.2, 0) is 4.74 Å². The minimum atomic E-state index is 0.0709. The van der Waals surface area contributed by atoms with Crippen molar-refractivity contribution in [3.05, 3.63) is 29.8 Å². The van der Waals surface area contributed by atoms with Gasteiger partial charge in [0.05, 0.1) is 19.3 Å². The Morgan fingerprint density at radius 3 is 2.05 bits per heavy atom. The van der Waals surface area contributed by atoms with Crippen molar-refractivity contribution < 1.29 is 9.47 Å². The number of likely N-dealkylation sites (N-methyl/N-ethyl adjacent to an activating group) is 1. The smallest absolute Gasteiger partial charge is 0.118 e. The highest BCUT2D eigenvalue weighted by Crippen LogP contribution is 2.33. The van der Waals surface area contributed by atoms with Crippen molar-refractivity contribution in [1.29, 1.82) is 0 Å². The Balaban J connectivity index is 3.03. The van der Waals surface area contributed by atoms with Gasteiger partial charge in [-0.15, -0.1) is 0 Å². The Hall–Kier alpha value is -1.06. The number of hydrogen-bond acceptors (Lipinski definition) is 3. The predicted molar refractivity (Wildman–Crippen MR) is 79.7 cm³/mol. The van der Waals surface area contributed by atoms with Crippen molar-refractivity contribution in [2.24, 2.45) is 5.41 Å². The third-order valence-corrected chi connectivity index (χ3v) is 3.31. The van der Waals surface area contributed by atoms with Gasteiger partial charge in [-0.05, 0) is 29.7 Å². The molecule has 0 bridgehead atoms. The van der Waals surface area contributed by atoms with Gasteiger partial charge in [0.1, 0.15) is 5.75 Å². The second kappa shape index (κ2) is 6.92. The summed E-state index contributed by atoms with van der Waals surface area (Å²) in [6.07, 6.45) is 0.112. The van der Waals surface area contributed by atoms with Crippen molar-refractivity contribution in [1.82, 2.24) is 5.32 Å². The van der Waals surface area contributed by atoms with Gasteiger partial charge in [-0.1, -0.05) is 39.8 Å². The van der Waals surface area contributed by atoms with Gasteiger partial charge in [0.25, 0.3) is 0 Å². The number of nitrogens with one attached hydrogen (secondary N) is 1. The molecule has 0 heterocycles. The first-order valence-electron chi connectivity index (χ1n) is 6.84. The summed E-state index contributed by atoms with van der Waals surface area (Å²) in [5, 5.41) is 3.53. The van der Waals surface area contributed by atoms with Gasteiger partial charge in [0.2, 0.25) is 0 Å². The molecule has 0 amide bonds. The van der Waals surface area contributed by atoms with Crippen LogP contribution in [0.1, 0.15) is 39.3 Å². The zero-order valence-corrected chi connectivity index (χ0v) is 13.0. The minimum Gasteiger partial charge on any atom is -0.497 e. The van der Waals surface area contributed by atoms with Crippen molar-refractivity contribution >= 4 is 0 Å². The van der Waals surface area contributed by atoms with E-state index in [9.17, 15) is 0 Å². The molecule has 3 nitrogen and oxygen atoms in total. The summed E-state index contributed by atoms with van der Waals surface area (Å²) in [5.74, 6) is 0.878. The van der Waals surface area contributed by atoms with Gasteiger partial charge in [-0.2, -0.15) is 0 Å². The van der Waals surface area contributed by atoms with Crippen LogP contribution in [0.3, 0.4) is 0 Å². The van der Waals surface area contributed by atoms with Crippen LogP contribution in [0.15, 0.2) is 24.3 Å². The van der Waals surface area contributed by atoms with Crippen LogP contribution in [-0.4, -0.2) is 26.9 Å². The van der Waals surface area contributed by atoms with Gasteiger partial charge in [-0.3, -0.25) is 0 Å². The van der Waals surface area contributed by atoms with Crippen molar-refractivity contribution in [2.45, 2.75) is 39.8 Å². The molecule has 0 aliphatic carbocycles. The maximum absolute atomic E-state index is 5.75. The molecule has 1 aromatic carbocycles. The highest BCUT2D eigenvalue weighted by molar-refractivity contribution is 5.30. The summed E-state index contributed by atoms with van der Waals surface area (Å²) >= 11 is 0. The van der Waals surface area contributed by atoms with Crippen LogP contribution in [0.5, 0.6) is 5.75 Å². The molecule has 0 fully saturated rings. The SMILES string of the molecule is CCNC(c1ccc(OC)cc1)C(OC)C(C)(C)C. The lowest BCUT2D eigenvalue weighted by molar-refractivity contribution is -0.0116. The number of ether oxygens (including phenoxy) is 2. The quantitative estimate of drug-likeness (QED) is 0.855. The molecule has 2 unspecified atom stereocenters. The van der Waals surface area contributed by atoms with Crippen molar-refractivity contribution in [2.75, 3.05) is 20.8 Å². The summed E-state index contributed by atoms with van der Waals surface area (Å²) < 4.78 is 11.0. The fourth-order valence-corrected chi connectivity index (χ4v) is 2.42. The topological polar surface area (TPSA) is 30.5 Å². The molecular weight excluding hydrogens is 238 g/mol. The van der Waals surface area contributed by atoms with Crippen LogP contribution in [0.2, 0.25) is 0 Å². The van der Waals surface area contributed by atoms with Crippen LogP contribution >= 0.6 is 0 Å². The number of rotatable bonds is 6. The average molecular weight is 265 g/mol. The first-order valence-corrected chi connectivity index (χ1v) is 6.84. The lowest BCUT2D eigenvalue weighted by atomic mass is 9.82. The van der Waals surface area contributed by atoms with E-state index in [1.807, 2.05) is 12.1 Å². The lowest BCUT2D eigenvalue weighted by Crippen LogP contribution is -2.41. The molecule has 0 spiro atoms.